The molecule has 0 aliphatic carbocycles. The average Bonchev–Trinajstić information content (AvgIpc) is 3.27. The summed E-state index contributed by atoms with van der Waals surface area (Å²) in [6, 6.07) is 10.4. The Morgan fingerprint density at radius 2 is 1.88 bits per heavy atom. The van der Waals surface area contributed by atoms with E-state index >= 15 is 0 Å². The number of aromatic nitrogens is 4. The van der Waals surface area contributed by atoms with Crippen LogP contribution in [0.15, 0.2) is 49.1 Å². The van der Waals surface area contributed by atoms with E-state index in [-0.39, 0.29) is 0 Å². The average molecular weight is 318 g/mol. The highest BCUT2D eigenvalue weighted by molar-refractivity contribution is 6.09. The minimum absolute atomic E-state index is 0.908. The van der Waals surface area contributed by atoms with E-state index in [0.717, 1.165) is 54.2 Å². The summed E-state index contributed by atoms with van der Waals surface area (Å²) >= 11 is 0. The van der Waals surface area contributed by atoms with Gasteiger partial charge in [-0.2, -0.15) is 0 Å². The standard InChI is InChI=1S/C18H18N6/c1-2-4-14-13(3-1)17-15(5-6-20-18(17)22-14)24-11-16(21-12-24)23-9-7-19-8-10-23/h1-6,11-12,19H,7-10H2,(H,20,22). The van der Waals surface area contributed by atoms with Gasteiger partial charge >= 0.3 is 0 Å². The number of nitrogens with zero attached hydrogens (tertiary/aromatic N) is 4. The molecule has 4 heterocycles. The van der Waals surface area contributed by atoms with E-state index in [1.807, 2.05) is 24.7 Å². The largest absolute Gasteiger partial charge is 0.353 e. The molecule has 3 aromatic heterocycles. The number of para-hydroxylation sites is 1. The number of hydrogen-bond acceptors (Lipinski definition) is 4. The van der Waals surface area contributed by atoms with Crippen LogP contribution in [0.25, 0.3) is 27.6 Å². The fraction of sp³-hybridized carbons (Fsp3) is 0.222. The molecule has 0 saturated carbocycles. The Bertz CT molecular complexity index is 1010. The minimum atomic E-state index is 0.908. The third kappa shape index (κ3) is 2.07. The molecule has 120 valence electrons. The first-order chi connectivity index (χ1) is 11.9. The monoisotopic (exact) mass is 318 g/mol. The number of nitrogens with one attached hydrogen (secondary N) is 2. The SMILES string of the molecule is c1ccc2c(c1)[nH]c1nccc(-n3cnc(N4CCNCC4)c3)c12. The molecule has 0 spiro atoms. The summed E-state index contributed by atoms with van der Waals surface area (Å²) in [4.78, 5) is 14.8. The number of hydrogen-bond donors (Lipinski definition) is 2. The van der Waals surface area contributed by atoms with Crippen molar-refractivity contribution in [3.63, 3.8) is 0 Å². The first kappa shape index (κ1) is 13.6. The van der Waals surface area contributed by atoms with Crippen LogP contribution in [0, 0.1) is 0 Å². The van der Waals surface area contributed by atoms with Crippen LogP contribution in [0.3, 0.4) is 0 Å². The van der Waals surface area contributed by atoms with Crippen molar-refractivity contribution in [3.05, 3.63) is 49.1 Å². The number of fused-ring (bicyclic) bond motifs is 3. The van der Waals surface area contributed by atoms with E-state index in [4.69, 9.17) is 0 Å². The highest BCUT2D eigenvalue weighted by atomic mass is 15.3. The molecule has 0 unspecified atom stereocenters. The molecule has 6 heteroatoms. The Morgan fingerprint density at radius 3 is 2.79 bits per heavy atom. The van der Waals surface area contributed by atoms with Crippen molar-refractivity contribution in [3.8, 4) is 5.69 Å². The highest BCUT2D eigenvalue weighted by Crippen LogP contribution is 2.29. The fourth-order valence-electron chi connectivity index (χ4n) is 3.47. The fourth-order valence-corrected chi connectivity index (χ4v) is 3.47. The minimum Gasteiger partial charge on any atom is -0.353 e. The molecule has 1 aliphatic rings. The summed E-state index contributed by atoms with van der Waals surface area (Å²) < 4.78 is 2.10. The molecule has 6 nitrogen and oxygen atoms in total. The van der Waals surface area contributed by atoms with Gasteiger partial charge in [-0.05, 0) is 12.1 Å². The van der Waals surface area contributed by atoms with Crippen molar-refractivity contribution in [2.24, 2.45) is 0 Å². The molecule has 0 radical (unpaired) electrons. The molecule has 24 heavy (non-hydrogen) atoms. The van der Waals surface area contributed by atoms with Crippen LogP contribution in [-0.4, -0.2) is 45.7 Å². The summed E-state index contributed by atoms with van der Waals surface area (Å²) in [6.45, 7) is 4.01. The number of benzene rings is 1. The summed E-state index contributed by atoms with van der Waals surface area (Å²) in [5.41, 5.74) is 3.12. The van der Waals surface area contributed by atoms with Crippen molar-refractivity contribution in [2.45, 2.75) is 0 Å². The van der Waals surface area contributed by atoms with Crippen molar-refractivity contribution in [2.75, 3.05) is 31.1 Å². The Morgan fingerprint density at radius 1 is 1.00 bits per heavy atom. The molecule has 2 N–H and O–H groups in total. The molecular formula is C18H18N6. The van der Waals surface area contributed by atoms with Crippen LogP contribution in [0.1, 0.15) is 0 Å². The van der Waals surface area contributed by atoms with Gasteiger partial charge in [-0.25, -0.2) is 9.97 Å². The van der Waals surface area contributed by atoms with Gasteiger partial charge in [0.05, 0.1) is 17.3 Å². The third-order valence-electron chi connectivity index (χ3n) is 4.67. The smallest absolute Gasteiger partial charge is 0.147 e. The van der Waals surface area contributed by atoms with Crippen molar-refractivity contribution in [1.82, 2.24) is 24.8 Å². The van der Waals surface area contributed by atoms with Gasteiger partial charge in [0.15, 0.2) is 0 Å². The van der Waals surface area contributed by atoms with Crippen LogP contribution < -0.4 is 10.2 Å². The Kier molecular flexibility index (Phi) is 3.02. The first-order valence-corrected chi connectivity index (χ1v) is 8.25. The predicted molar refractivity (Wildman–Crippen MR) is 95.8 cm³/mol. The number of rotatable bonds is 2. The Balaban J connectivity index is 1.65. The number of H-pyrrole nitrogens is 1. The van der Waals surface area contributed by atoms with Crippen LogP contribution in [0.2, 0.25) is 0 Å². The first-order valence-electron chi connectivity index (χ1n) is 8.25. The van der Waals surface area contributed by atoms with E-state index in [0.29, 0.717) is 0 Å². The predicted octanol–water partition coefficient (Wildman–Crippen LogP) is 2.31. The van der Waals surface area contributed by atoms with E-state index < -0.39 is 0 Å². The van der Waals surface area contributed by atoms with Gasteiger partial charge in [-0.3, -0.25) is 0 Å². The lowest BCUT2D eigenvalue weighted by Crippen LogP contribution is -2.43. The van der Waals surface area contributed by atoms with Crippen LogP contribution in [0.5, 0.6) is 0 Å². The van der Waals surface area contributed by atoms with Crippen LogP contribution >= 0.6 is 0 Å². The Labute approximate surface area is 139 Å². The lowest BCUT2D eigenvalue weighted by molar-refractivity contribution is 0.585. The molecule has 0 bridgehead atoms. The Hall–Kier alpha value is -2.86. The van der Waals surface area contributed by atoms with E-state index in [1.165, 1.54) is 5.39 Å². The maximum atomic E-state index is 4.62. The third-order valence-corrected chi connectivity index (χ3v) is 4.67. The van der Waals surface area contributed by atoms with E-state index in [2.05, 4.69) is 54.1 Å². The molecule has 1 fully saturated rings. The van der Waals surface area contributed by atoms with Crippen molar-refractivity contribution < 1.29 is 0 Å². The van der Waals surface area contributed by atoms with Crippen LogP contribution in [0.4, 0.5) is 5.82 Å². The number of piperazine rings is 1. The lowest BCUT2D eigenvalue weighted by Gasteiger charge is -2.27. The van der Waals surface area contributed by atoms with Gasteiger partial charge in [-0.15, -0.1) is 0 Å². The zero-order valence-electron chi connectivity index (χ0n) is 13.2. The summed E-state index contributed by atoms with van der Waals surface area (Å²) in [7, 11) is 0. The zero-order valence-corrected chi connectivity index (χ0v) is 13.2. The van der Waals surface area contributed by atoms with Gasteiger partial charge in [0.1, 0.15) is 17.8 Å². The molecule has 1 saturated heterocycles. The summed E-state index contributed by atoms with van der Waals surface area (Å²) in [5, 5.41) is 5.70. The number of anilines is 1. The summed E-state index contributed by atoms with van der Waals surface area (Å²) in [5.74, 6) is 1.03. The molecule has 1 aromatic carbocycles. The van der Waals surface area contributed by atoms with Crippen molar-refractivity contribution >= 4 is 27.8 Å². The highest BCUT2D eigenvalue weighted by Gasteiger charge is 2.15. The van der Waals surface area contributed by atoms with E-state index in [1.54, 1.807) is 0 Å². The van der Waals surface area contributed by atoms with Gasteiger partial charge < -0.3 is 19.8 Å². The molecule has 4 aromatic rings. The number of aromatic amines is 1. The van der Waals surface area contributed by atoms with Gasteiger partial charge in [0.2, 0.25) is 0 Å². The number of pyridine rings is 1. The quantitative estimate of drug-likeness (QED) is 0.595. The van der Waals surface area contributed by atoms with Gasteiger partial charge in [0, 0.05) is 43.3 Å². The zero-order chi connectivity index (χ0) is 15.9. The second-order valence-electron chi connectivity index (χ2n) is 6.10. The number of imidazole rings is 1. The summed E-state index contributed by atoms with van der Waals surface area (Å²) in [6.07, 6.45) is 5.85. The second-order valence-corrected chi connectivity index (χ2v) is 6.10. The maximum absolute atomic E-state index is 4.62. The van der Waals surface area contributed by atoms with E-state index in [9.17, 15) is 0 Å². The molecular weight excluding hydrogens is 300 g/mol. The normalized spacial score (nSPS) is 15.4. The van der Waals surface area contributed by atoms with Crippen molar-refractivity contribution in [1.29, 1.82) is 0 Å². The maximum Gasteiger partial charge on any atom is 0.147 e. The lowest BCUT2D eigenvalue weighted by atomic mass is 10.1. The molecule has 0 amide bonds. The second kappa shape index (κ2) is 5.35. The molecule has 5 rings (SSSR count). The van der Waals surface area contributed by atoms with Gasteiger partial charge in [-0.1, -0.05) is 18.2 Å². The molecule has 0 atom stereocenters. The van der Waals surface area contributed by atoms with Gasteiger partial charge in [0.25, 0.3) is 0 Å². The molecule has 1 aliphatic heterocycles. The van der Waals surface area contributed by atoms with Crippen LogP contribution in [-0.2, 0) is 0 Å². The topological polar surface area (TPSA) is 61.8 Å².